The molecule has 0 aliphatic carbocycles. The molecule has 34 valence electrons. The quantitative estimate of drug-likeness (QED) is 0.378. The molecule has 0 aliphatic rings. The highest BCUT2D eigenvalue weighted by atomic mass is 16.3. The molecule has 0 atom stereocenters. The molecule has 0 fully saturated rings. The summed E-state index contributed by atoms with van der Waals surface area (Å²) in [5.74, 6) is 0.296. The monoisotopic (exact) mass is 84.1 g/mol. The van der Waals surface area contributed by atoms with Gasteiger partial charge in [0, 0.05) is 0 Å². The third-order valence-corrected chi connectivity index (χ3v) is 0.359. The average Bonchev–Trinajstić information content (AvgIpc) is 1.35. The lowest BCUT2D eigenvalue weighted by molar-refractivity contribution is 0.414. The minimum Gasteiger partial charge on any atom is -0.513 e. The van der Waals surface area contributed by atoms with Gasteiger partial charge in [0.15, 0.2) is 0 Å². The third kappa shape index (κ3) is 3.28. The van der Waals surface area contributed by atoms with Gasteiger partial charge < -0.3 is 5.11 Å². The standard InChI is InChI=1S/C5H8O/c1-3-4-5(2)6/h3-4,6H,1H2,2H3/b5-4+. The molecule has 0 saturated carbocycles. The van der Waals surface area contributed by atoms with Crippen LogP contribution in [0.25, 0.3) is 0 Å². The van der Waals surface area contributed by atoms with E-state index in [2.05, 4.69) is 6.58 Å². The third-order valence-electron chi connectivity index (χ3n) is 0.359. The molecular weight excluding hydrogens is 76.1 g/mol. The minimum absolute atomic E-state index is 0.296. The van der Waals surface area contributed by atoms with Crippen LogP contribution in [0.15, 0.2) is 24.5 Å². The van der Waals surface area contributed by atoms with Crippen molar-refractivity contribution in [2.75, 3.05) is 0 Å². The zero-order chi connectivity index (χ0) is 4.99. The Morgan fingerprint density at radius 3 is 2.33 bits per heavy atom. The minimum atomic E-state index is 0.296. The maximum Gasteiger partial charge on any atom is 0.0891 e. The van der Waals surface area contributed by atoms with E-state index in [9.17, 15) is 0 Å². The van der Waals surface area contributed by atoms with E-state index in [0.717, 1.165) is 0 Å². The summed E-state index contributed by atoms with van der Waals surface area (Å²) in [7, 11) is 0. The lowest BCUT2D eigenvalue weighted by atomic mass is 10.5. The molecule has 0 aromatic rings. The second kappa shape index (κ2) is 2.51. The summed E-state index contributed by atoms with van der Waals surface area (Å²) in [6.45, 7) is 4.96. The Balaban J connectivity index is 3.41. The second-order valence-electron chi connectivity index (χ2n) is 1.04. The van der Waals surface area contributed by atoms with Crippen LogP contribution in [0.4, 0.5) is 0 Å². The van der Waals surface area contributed by atoms with Gasteiger partial charge in [0.05, 0.1) is 5.76 Å². The number of aliphatic hydroxyl groups is 1. The van der Waals surface area contributed by atoms with E-state index in [1.54, 1.807) is 6.92 Å². The van der Waals surface area contributed by atoms with Gasteiger partial charge in [0.1, 0.15) is 0 Å². The molecule has 6 heavy (non-hydrogen) atoms. The molecular formula is C5H8O. The summed E-state index contributed by atoms with van der Waals surface area (Å²) < 4.78 is 0. The van der Waals surface area contributed by atoms with Crippen molar-refractivity contribution in [2.45, 2.75) is 6.92 Å². The topological polar surface area (TPSA) is 20.2 Å². The SMILES string of the molecule is C=C/C=C(\C)O. The number of hydrogen-bond donors (Lipinski definition) is 1. The molecule has 0 saturated heterocycles. The van der Waals surface area contributed by atoms with Crippen molar-refractivity contribution in [2.24, 2.45) is 0 Å². The highest BCUT2D eigenvalue weighted by Gasteiger charge is 1.66. The molecule has 0 bridgehead atoms. The fourth-order valence-corrected chi connectivity index (χ4v) is 0.171. The molecule has 0 heterocycles. The van der Waals surface area contributed by atoms with E-state index in [1.807, 2.05) is 0 Å². The van der Waals surface area contributed by atoms with E-state index in [1.165, 1.54) is 12.2 Å². The van der Waals surface area contributed by atoms with Crippen LogP contribution in [-0.2, 0) is 0 Å². The fraction of sp³-hybridized carbons (Fsp3) is 0.200. The van der Waals surface area contributed by atoms with E-state index in [0.29, 0.717) is 5.76 Å². The molecule has 0 amide bonds. The van der Waals surface area contributed by atoms with Crippen molar-refractivity contribution in [3.05, 3.63) is 24.5 Å². The van der Waals surface area contributed by atoms with Crippen LogP contribution < -0.4 is 0 Å². The van der Waals surface area contributed by atoms with Crippen LogP contribution in [-0.4, -0.2) is 5.11 Å². The van der Waals surface area contributed by atoms with Crippen LogP contribution in [0.2, 0.25) is 0 Å². The van der Waals surface area contributed by atoms with E-state index < -0.39 is 0 Å². The lowest BCUT2D eigenvalue weighted by Gasteiger charge is -1.76. The molecule has 1 N–H and O–H groups in total. The van der Waals surface area contributed by atoms with Crippen molar-refractivity contribution >= 4 is 0 Å². The molecule has 1 nitrogen and oxygen atoms in total. The summed E-state index contributed by atoms with van der Waals surface area (Å²) in [6.07, 6.45) is 3.06. The van der Waals surface area contributed by atoms with Crippen LogP contribution in [0.5, 0.6) is 0 Å². The van der Waals surface area contributed by atoms with Gasteiger partial charge in [-0.1, -0.05) is 12.7 Å². The summed E-state index contributed by atoms with van der Waals surface area (Å²) in [5, 5.41) is 8.34. The molecule has 0 rings (SSSR count). The van der Waals surface area contributed by atoms with Crippen molar-refractivity contribution in [1.29, 1.82) is 0 Å². The Hall–Kier alpha value is -0.720. The van der Waals surface area contributed by atoms with E-state index in [-0.39, 0.29) is 0 Å². The normalized spacial score (nSPS) is 11.2. The number of aliphatic hydroxyl groups excluding tert-OH is 1. The van der Waals surface area contributed by atoms with Gasteiger partial charge in [-0.15, -0.1) is 0 Å². The molecule has 0 aromatic carbocycles. The lowest BCUT2D eigenvalue weighted by Crippen LogP contribution is -1.62. The first-order valence-electron chi connectivity index (χ1n) is 1.75. The van der Waals surface area contributed by atoms with Crippen molar-refractivity contribution < 1.29 is 5.11 Å². The zero-order valence-corrected chi connectivity index (χ0v) is 3.81. The molecule has 0 aliphatic heterocycles. The van der Waals surface area contributed by atoms with E-state index >= 15 is 0 Å². The highest BCUT2D eigenvalue weighted by Crippen LogP contribution is 1.80. The predicted octanol–water partition coefficient (Wildman–Crippen LogP) is 1.63. The fourth-order valence-electron chi connectivity index (χ4n) is 0.171. The van der Waals surface area contributed by atoms with Gasteiger partial charge in [0.2, 0.25) is 0 Å². The summed E-state index contributed by atoms with van der Waals surface area (Å²) in [4.78, 5) is 0. The first-order valence-corrected chi connectivity index (χ1v) is 1.75. The number of rotatable bonds is 1. The van der Waals surface area contributed by atoms with E-state index in [4.69, 9.17) is 5.11 Å². The van der Waals surface area contributed by atoms with Gasteiger partial charge in [-0.05, 0) is 13.0 Å². The van der Waals surface area contributed by atoms with Gasteiger partial charge >= 0.3 is 0 Å². The maximum absolute atomic E-state index is 8.34. The Morgan fingerprint density at radius 1 is 1.83 bits per heavy atom. The maximum atomic E-state index is 8.34. The molecule has 0 radical (unpaired) electrons. The summed E-state index contributed by atoms with van der Waals surface area (Å²) >= 11 is 0. The Kier molecular flexibility index (Phi) is 2.21. The van der Waals surface area contributed by atoms with Crippen LogP contribution in [0.3, 0.4) is 0 Å². The molecule has 0 spiro atoms. The van der Waals surface area contributed by atoms with Gasteiger partial charge in [-0.2, -0.15) is 0 Å². The largest absolute Gasteiger partial charge is 0.513 e. The smallest absolute Gasteiger partial charge is 0.0891 e. The summed E-state index contributed by atoms with van der Waals surface area (Å²) in [6, 6.07) is 0. The van der Waals surface area contributed by atoms with Crippen LogP contribution in [0.1, 0.15) is 6.92 Å². The second-order valence-corrected chi connectivity index (χ2v) is 1.04. The molecule has 0 unspecified atom stereocenters. The van der Waals surface area contributed by atoms with Gasteiger partial charge in [-0.3, -0.25) is 0 Å². The Morgan fingerprint density at radius 2 is 2.33 bits per heavy atom. The van der Waals surface area contributed by atoms with Gasteiger partial charge in [0.25, 0.3) is 0 Å². The van der Waals surface area contributed by atoms with Crippen molar-refractivity contribution in [1.82, 2.24) is 0 Å². The van der Waals surface area contributed by atoms with Crippen molar-refractivity contribution in [3.63, 3.8) is 0 Å². The van der Waals surface area contributed by atoms with Gasteiger partial charge in [-0.25, -0.2) is 0 Å². The van der Waals surface area contributed by atoms with Crippen LogP contribution >= 0.6 is 0 Å². The number of hydrogen-bond acceptors (Lipinski definition) is 1. The van der Waals surface area contributed by atoms with Crippen LogP contribution in [0, 0.1) is 0 Å². The Bertz CT molecular complexity index is 68.0. The van der Waals surface area contributed by atoms with Crippen molar-refractivity contribution in [3.8, 4) is 0 Å². The Labute approximate surface area is 37.6 Å². The molecule has 1 heteroatoms. The average molecular weight is 84.1 g/mol. The summed E-state index contributed by atoms with van der Waals surface area (Å²) in [5.41, 5.74) is 0. The zero-order valence-electron chi connectivity index (χ0n) is 3.81. The molecule has 0 aromatic heterocycles. The first-order chi connectivity index (χ1) is 2.77. The first kappa shape index (κ1) is 5.28. The predicted molar refractivity (Wildman–Crippen MR) is 26.6 cm³/mol. The number of allylic oxidation sites excluding steroid dienone is 3. The highest BCUT2D eigenvalue weighted by molar-refractivity contribution is 4.99.